The molecule has 0 radical (unpaired) electrons. The monoisotopic (exact) mass is 336 g/mol. The molecule has 0 bridgehead atoms. The van der Waals surface area contributed by atoms with E-state index in [9.17, 15) is 4.79 Å². The molecule has 82 valence electrons. The molecule has 0 atom stereocenters. The fourth-order valence-corrected chi connectivity index (χ4v) is 2.01. The van der Waals surface area contributed by atoms with Gasteiger partial charge in [0.1, 0.15) is 9.21 Å². The number of amides is 1. The van der Waals surface area contributed by atoms with Crippen LogP contribution in [0.1, 0.15) is 13.8 Å². The van der Waals surface area contributed by atoms with Crippen LogP contribution in [0.4, 0.5) is 10.5 Å². The van der Waals surface area contributed by atoms with E-state index in [0.717, 1.165) is 0 Å². The van der Waals surface area contributed by atoms with Gasteiger partial charge in [0.15, 0.2) is 0 Å². The van der Waals surface area contributed by atoms with E-state index in [0.29, 0.717) is 14.9 Å². The van der Waals surface area contributed by atoms with Gasteiger partial charge < -0.3 is 4.74 Å². The summed E-state index contributed by atoms with van der Waals surface area (Å²) in [5.41, 5.74) is 0.620. The third kappa shape index (κ3) is 4.61. The van der Waals surface area contributed by atoms with E-state index in [2.05, 4.69) is 42.2 Å². The molecule has 0 fully saturated rings. The van der Waals surface area contributed by atoms with Gasteiger partial charge in [-0.1, -0.05) is 0 Å². The van der Waals surface area contributed by atoms with E-state index >= 15 is 0 Å². The minimum absolute atomic E-state index is 0.140. The zero-order valence-corrected chi connectivity index (χ0v) is 11.4. The van der Waals surface area contributed by atoms with Crippen LogP contribution in [0.3, 0.4) is 0 Å². The molecule has 0 aliphatic heterocycles. The maximum atomic E-state index is 11.3. The van der Waals surface area contributed by atoms with Crippen LogP contribution in [0.5, 0.6) is 0 Å². The first-order valence-electron chi connectivity index (χ1n) is 4.28. The highest BCUT2D eigenvalue weighted by atomic mass is 79.9. The molecule has 1 heterocycles. The van der Waals surface area contributed by atoms with Crippen LogP contribution in [-0.4, -0.2) is 17.2 Å². The fourth-order valence-electron chi connectivity index (χ4n) is 0.898. The predicted molar refractivity (Wildman–Crippen MR) is 64.9 cm³/mol. The van der Waals surface area contributed by atoms with Crippen molar-refractivity contribution in [3.63, 3.8) is 0 Å². The van der Waals surface area contributed by atoms with Gasteiger partial charge in [0, 0.05) is 5.69 Å². The molecule has 0 unspecified atom stereocenters. The molecule has 1 aromatic heterocycles. The molecule has 1 amide bonds. The van der Waals surface area contributed by atoms with Crippen LogP contribution >= 0.6 is 31.9 Å². The van der Waals surface area contributed by atoms with E-state index in [1.165, 1.54) is 0 Å². The largest absolute Gasteiger partial charge is 0.447 e. The Hall–Kier alpha value is -0.620. The van der Waals surface area contributed by atoms with Gasteiger partial charge in [0.25, 0.3) is 0 Å². The second-order valence-electron chi connectivity index (χ2n) is 3.08. The molecule has 0 aromatic carbocycles. The summed E-state index contributed by atoms with van der Waals surface area (Å²) in [5.74, 6) is 0. The topological polar surface area (TPSA) is 51.2 Å². The highest BCUT2D eigenvalue weighted by molar-refractivity contribution is 9.11. The Bertz CT molecular complexity index is 349. The lowest BCUT2D eigenvalue weighted by Gasteiger charge is -2.09. The number of pyridine rings is 1. The van der Waals surface area contributed by atoms with E-state index in [1.807, 2.05) is 0 Å². The number of hydrogen-bond acceptors (Lipinski definition) is 3. The van der Waals surface area contributed by atoms with Crippen molar-refractivity contribution < 1.29 is 9.53 Å². The summed E-state index contributed by atoms with van der Waals surface area (Å²) in [6.45, 7) is 3.58. The number of ether oxygens (including phenoxy) is 1. The third-order valence-electron chi connectivity index (χ3n) is 1.35. The molecule has 1 rings (SSSR count). The van der Waals surface area contributed by atoms with Gasteiger partial charge in [0.05, 0.1) is 6.10 Å². The number of hydrogen-bond donors (Lipinski definition) is 1. The first-order valence-corrected chi connectivity index (χ1v) is 5.86. The second kappa shape index (κ2) is 5.46. The van der Waals surface area contributed by atoms with E-state index in [-0.39, 0.29) is 6.10 Å². The van der Waals surface area contributed by atoms with Crippen molar-refractivity contribution in [2.45, 2.75) is 20.0 Å². The lowest BCUT2D eigenvalue weighted by Crippen LogP contribution is -2.18. The molecular weight excluding hydrogens is 328 g/mol. The van der Waals surface area contributed by atoms with Crippen molar-refractivity contribution >= 4 is 43.6 Å². The summed E-state index contributed by atoms with van der Waals surface area (Å²) < 4.78 is 6.20. The minimum atomic E-state index is -0.477. The summed E-state index contributed by atoms with van der Waals surface area (Å²) >= 11 is 6.44. The predicted octanol–water partition coefficient (Wildman–Crippen LogP) is 3.56. The standard InChI is InChI=1S/C9H10Br2N2O2/c1-5(2)15-9(14)12-6-3-7(10)13-8(11)4-6/h3-5H,1-2H3,(H,12,13,14). The van der Waals surface area contributed by atoms with Gasteiger partial charge in [-0.25, -0.2) is 9.78 Å². The first-order chi connectivity index (χ1) is 6.97. The average molecular weight is 338 g/mol. The van der Waals surface area contributed by atoms with Crippen molar-refractivity contribution in [2.75, 3.05) is 5.32 Å². The van der Waals surface area contributed by atoms with Crippen LogP contribution in [0, 0.1) is 0 Å². The molecule has 1 aromatic rings. The quantitative estimate of drug-likeness (QED) is 0.839. The summed E-state index contributed by atoms with van der Waals surface area (Å²) in [6.07, 6.45) is -0.617. The number of aromatic nitrogens is 1. The van der Waals surface area contributed by atoms with Gasteiger partial charge in [-0.05, 0) is 57.8 Å². The van der Waals surface area contributed by atoms with Crippen LogP contribution < -0.4 is 5.32 Å². The smallest absolute Gasteiger partial charge is 0.411 e. The lowest BCUT2D eigenvalue weighted by atomic mass is 10.4. The Kier molecular flexibility index (Phi) is 4.53. The Morgan fingerprint density at radius 1 is 1.40 bits per heavy atom. The van der Waals surface area contributed by atoms with Crippen LogP contribution in [0.2, 0.25) is 0 Å². The normalized spacial score (nSPS) is 10.2. The SMILES string of the molecule is CC(C)OC(=O)Nc1cc(Br)nc(Br)c1. The van der Waals surface area contributed by atoms with Gasteiger partial charge in [0.2, 0.25) is 0 Å². The van der Waals surface area contributed by atoms with E-state index in [4.69, 9.17) is 4.74 Å². The molecule has 4 nitrogen and oxygen atoms in total. The summed E-state index contributed by atoms with van der Waals surface area (Å²) in [4.78, 5) is 15.3. The highest BCUT2D eigenvalue weighted by Crippen LogP contribution is 2.19. The molecule has 0 aliphatic rings. The number of rotatable bonds is 2. The molecule has 15 heavy (non-hydrogen) atoms. The maximum Gasteiger partial charge on any atom is 0.411 e. The van der Waals surface area contributed by atoms with Crippen molar-refractivity contribution in [3.8, 4) is 0 Å². The first kappa shape index (κ1) is 12.4. The van der Waals surface area contributed by atoms with Crippen molar-refractivity contribution in [3.05, 3.63) is 21.3 Å². The van der Waals surface area contributed by atoms with Crippen LogP contribution in [-0.2, 0) is 4.74 Å². The van der Waals surface area contributed by atoms with Gasteiger partial charge in [-0.15, -0.1) is 0 Å². The van der Waals surface area contributed by atoms with E-state index < -0.39 is 6.09 Å². The summed E-state index contributed by atoms with van der Waals surface area (Å²) in [5, 5.41) is 2.59. The minimum Gasteiger partial charge on any atom is -0.447 e. The molecule has 6 heteroatoms. The van der Waals surface area contributed by atoms with E-state index in [1.54, 1.807) is 26.0 Å². The number of anilines is 1. The zero-order valence-electron chi connectivity index (χ0n) is 8.25. The Morgan fingerprint density at radius 3 is 2.40 bits per heavy atom. The summed E-state index contributed by atoms with van der Waals surface area (Å²) in [7, 11) is 0. The zero-order chi connectivity index (χ0) is 11.4. The summed E-state index contributed by atoms with van der Waals surface area (Å²) in [6, 6.07) is 3.37. The second-order valence-corrected chi connectivity index (χ2v) is 4.71. The number of nitrogens with one attached hydrogen (secondary N) is 1. The van der Waals surface area contributed by atoms with Crippen molar-refractivity contribution in [1.29, 1.82) is 0 Å². The number of nitrogens with zero attached hydrogens (tertiary/aromatic N) is 1. The van der Waals surface area contributed by atoms with Gasteiger partial charge >= 0.3 is 6.09 Å². The van der Waals surface area contributed by atoms with Crippen molar-refractivity contribution in [2.24, 2.45) is 0 Å². The number of carbonyl (C=O) groups is 1. The molecular formula is C9H10Br2N2O2. The van der Waals surface area contributed by atoms with Crippen LogP contribution in [0.25, 0.3) is 0 Å². The molecule has 1 N–H and O–H groups in total. The molecule has 0 aliphatic carbocycles. The Morgan fingerprint density at radius 2 is 1.93 bits per heavy atom. The number of carbonyl (C=O) groups excluding carboxylic acids is 1. The Labute approximate surface area is 105 Å². The number of halogens is 2. The maximum absolute atomic E-state index is 11.3. The van der Waals surface area contributed by atoms with Gasteiger partial charge in [-0.2, -0.15) is 0 Å². The van der Waals surface area contributed by atoms with Crippen molar-refractivity contribution in [1.82, 2.24) is 4.98 Å². The Balaban J connectivity index is 2.68. The molecule has 0 saturated carbocycles. The van der Waals surface area contributed by atoms with Gasteiger partial charge in [-0.3, -0.25) is 5.32 Å². The fraction of sp³-hybridized carbons (Fsp3) is 0.333. The highest BCUT2D eigenvalue weighted by Gasteiger charge is 2.06. The lowest BCUT2D eigenvalue weighted by molar-refractivity contribution is 0.130. The molecule has 0 spiro atoms. The third-order valence-corrected chi connectivity index (χ3v) is 2.16. The average Bonchev–Trinajstić information content (AvgIpc) is 1.98. The van der Waals surface area contributed by atoms with Crippen LogP contribution in [0.15, 0.2) is 21.3 Å². The molecule has 0 saturated heterocycles.